The second-order valence-electron chi connectivity index (χ2n) is 4.55. The van der Waals surface area contributed by atoms with Crippen molar-refractivity contribution in [2.24, 2.45) is 5.14 Å². The molecule has 7 nitrogen and oxygen atoms in total. The lowest BCUT2D eigenvalue weighted by Gasteiger charge is -2.10. The summed E-state index contributed by atoms with van der Waals surface area (Å²) in [5.74, 6) is 0.111. The first-order valence-electron chi connectivity index (χ1n) is 5.41. The first-order chi connectivity index (χ1) is 8.12. The zero-order chi connectivity index (χ0) is 13.7. The van der Waals surface area contributed by atoms with Crippen molar-refractivity contribution in [2.75, 3.05) is 11.5 Å². The van der Waals surface area contributed by atoms with Crippen LogP contribution in [0.3, 0.4) is 0 Å². The molecular formula is C9H15N3O4S2. The van der Waals surface area contributed by atoms with Gasteiger partial charge in [0.05, 0.1) is 28.9 Å². The topological polar surface area (TPSA) is 112 Å². The van der Waals surface area contributed by atoms with Crippen LogP contribution in [-0.2, 0) is 19.9 Å². The van der Waals surface area contributed by atoms with Crippen molar-refractivity contribution in [3.8, 4) is 0 Å². The maximum atomic E-state index is 11.4. The molecule has 2 rings (SSSR count). The van der Waals surface area contributed by atoms with Crippen LogP contribution < -0.4 is 5.14 Å². The maximum absolute atomic E-state index is 11.4. The smallest absolute Gasteiger partial charge is 0.241 e. The molecule has 1 aliphatic rings. The zero-order valence-corrected chi connectivity index (χ0v) is 11.8. The van der Waals surface area contributed by atoms with E-state index >= 15 is 0 Å². The molecular weight excluding hydrogens is 278 g/mol. The highest BCUT2D eigenvalue weighted by molar-refractivity contribution is 7.91. The van der Waals surface area contributed by atoms with Crippen LogP contribution in [0.2, 0.25) is 0 Å². The Morgan fingerprint density at radius 3 is 2.39 bits per heavy atom. The number of aromatic nitrogens is 2. The van der Waals surface area contributed by atoms with Gasteiger partial charge in [-0.2, -0.15) is 5.10 Å². The predicted molar refractivity (Wildman–Crippen MR) is 65.4 cm³/mol. The molecule has 1 atom stereocenters. The molecule has 1 aromatic rings. The molecule has 2 heterocycles. The largest absolute Gasteiger partial charge is 0.264 e. The summed E-state index contributed by atoms with van der Waals surface area (Å²) in [4.78, 5) is -0.00759. The monoisotopic (exact) mass is 293 g/mol. The average molecular weight is 293 g/mol. The summed E-state index contributed by atoms with van der Waals surface area (Å²) in [6, 6.07) is -0.302. The fraction of sp³-hybridized carbons (Fsp3) is 0.667. The molecule has 2 N–H and O–H groups in total. The van der Waals surface area contributed by atoms with Crippen LogP contribution >= 0.6 is 0 Å². The van der Waals surface area contributed by atoms with Crippen LogP contribution in [0.25, 0.3) is 0 Å². The van der Waals surface area contributed by atoms with E-state index in [-0.39, 0.29) is 22.4 Å². The van der Waals surface area contributed by atoms with E-state index in [2.05, 4.69) is 5.10 Å². The Morgan fingerprint density at radius 1 is 1.39 bits per heavy atom. The average Bonchev–Trinajstić information content (AvgIpc) is 2.65. The van der Waals surface area contributed by atoms with E-state index in [0.717, 1.165) is 0 Å². The van der Waals surface area contributed by atoms with Gasteiger partial charge in [-0.3, -0.25) is 4.68 Å². The van der Waals surface area contributed by atoms with Gasteiger partial charge in [0, 0.05) is 0 Å². The van der Waals surface area contributed by atoms with Gasteiger partial charge in [-0.25, -0.2) is 22.0 Å². The number of sulfone groups is 1. The fourth-order valence-electron chi connectivity index (χ4n) is 2.38. The minimum Gasteiger partial charge on any atom is -0.264 e. The number of nitrogens with zero attached hydrogens (tertiary/aromatic N) is 2. The molecule has 0 bridgehead atoms. The van der Waals surface area contributed by atoms with Crippen molar-refractivity contribution in [1.82, 2.24) is 9.78 Å². The molecule has 0 saturated carbocycles. The van der Waals surface area contributed by atoms with E-state index in [9.17, 15) is 16.8 Å². The van der Waals surface area contributed by atoms with Crippen LogP contribution in [0, 0.1) is 13.8 Å². The molecule has 1 aliphatic heterocycles. The lowest BCUT2D eigenvalue weighted by Crippen LogP contribution is -2.16. The third-order valence-corrected chi connectivity index (χ3v) is 6.01. The molecule has 0 spiro atoms. The molecule has 1 unspecified atom stereocenters. The highest BCUT2D eigenvalue weighted by atomic mass is 32.2. The molecule has 1 saturated heterocycles. The van der Waals surface area contributed by atoms with E-state index in [1.54, 1.807) is 13.8 Å². The van der Waals surface area contributed by atoms with E-state index in [0.29, 0.717) is 17.8 Å². The molecule has 0 amide bonds. The first kappa shape index (κ1) is 13.5. The van der Waals surface area contributed by atoms with Crippen LogP contribution in [0.1, 0.15) is 23.9 Å². The van der Waals surface area contributed by atoms with E-state index in [1.165, 1.54) is 4.68 Å². The zero-order valence-electron chi connectivity index (χ0n) is 10.1. The van der Waals surface area contributed by atoms with Gasteiger partial charge in [0.1, 0.15) is 4.90 Å². The van der Waals surface area contributed by atoms with E-state index < -0.39 is 19.9 Å². The third kappa shape index (κ3) is 2.29. The Bertz CT molecular complexity index is 688. The van der Waals surface area contributed by atoms with Crippen molar-refractivity contribution in [3.05, 3.63) is 11.4 Å². The van der Waals surface area contributed by atoms with Crippen LogP contribution in [0.4, 0.5) is 0 Å². The standard InChI is InChI=1S/C9H15N3O4S2/c1-6-9(18(10,15)16)7(2)12(11-6)8-3-4-17(13,14)5-8/h8H,3-5H2,1-2H3,(H2,10,15,16). The Labute approximate surface area is 106 Å². The lowest BCUT2D eigenvalue weighted by atomic mass is 10.2. The molecule has 1 aromatic heterocycles. The fourth-order valence-corrected chi connectivity index (χ4v) is 5.03. The number of rotatable bonds is 2. The lowest BCUT2D eigenvalue weighted by molar-refractivity contribution is 0.484. The summed E-state index contributed by atoms with van der Waals surface area (Å²) >= 11 is 0. The Morgan fingerprint density at radius 2 is 2.00 bits per heavy atom. The second kappa shape index (κ2) is 4.04. The van der Waals surface area contributed by atoms with Crippen molar-refractivity contribution in [2.45, 2.75) is 31.2 Å². The number of sulfonamides is 1. The van der Waals surface area contributed by atoms with E-state index in [1.807, 2.05) is 0 Å². The molecule has 18 heavy (non-hydrogen) atoms. The number of nitrogens with two attached hydrogens (primary N) is 1. The summed E-state index contributed by atoms with van der Waals surface area (Å²) in [6.07, 6.45) is 0.453. The van der Waals surface area contributed by atoms with Crippen molar-refractivity contribution in [1.29, 1.82) is 0 Å². The van der Waals surface area contributed by atoms with Crippen molar-refractivity contribution < 1.29 is 16.8 Å². The van der Waals surface area contributed by atoms with Crippen LogP contribution in [0.5, 0.6) is 0 Å². The third-order valence-electron chi connectivity index (χ3n) is 3.10. The van der Waals surface area contributed by atoms with E-state index in [4.69, 9.17) is 5.14 Å². The van der Waals surface area contributed by atoms with Gasteiger partial charge in [0.15, 0.2) is 9.84 Å². The van der Waals surface area contributed by atoms with Gasteiger partial charge in [0.2, 0.25) is 10.0 Å². The van der Waals surface area contributed by atoms with Gasteiger partial charge >= 0.3 is 0 Å². The minimum atomic E-state index is -3.83. The summed E-state index contributed by atoms with van der Waals surface area (Å²) in [7, 11) is -6.88. The van der Waals surface area contributed by atoms with Crippen LogP contribution in [-0.4, -0.2) is 38.1 Å². The first-order valence-corrected chi connectivity index (χ1v) is 8.77. The quantitative estimate of drug-likeness (QED) is 0.790. The van der Waals surface area contributed by atoms with Gasteiger partial charge in [-0.15, -0.1) is 0 Å². The summed E-state index contributed by atoms with van der Waals surface area (Å²) in [5.41, 5.74) is 0.705. The Hall–Kier alpha value is -0.930. The van der Waals surface area contributed by atoms with Crippen molar-refractivity contribution >= 4 is 19.9 Å². The summed E-state index contributed by atoms with van der Waals surface area (Å²) < 4.78 is 47.2. The molecule has 0 radical (unpaired) electrons. The Balaban J connectivity index is 2.50. The van der Waals surface area contributed by atoms with Gasteiger partial charge in [0.25, 0.3) is 0 Å². The van der Waals surface area contributed by atoms with Gasteiger partial charge < -0.3 is 0 Å². The van der Waals surface area contributed by atoms with Gasteiger partial charge in [-0.05, 0) is 20.3 Å². The molecule has 1 fully saturated rings. The predicted octanol–water partition coefficient (Wildman–Crippen LogP) is -0.493. The molecule has 102 valence electrons. The minimum absolute atomic E-state index is 0.000973. The van der Waals surface area contributed by atoms with Crippen LogP contribution in [0.15, 0.2) is 4.90 Å². The SMILES string of the molecule is Cc1nn(C2CCS(=O)(=O)C2)c(C)c1S(N)(=O)=O. The maximum Gasteiger partial charge on any atom is 0.241 e. The highest BCUT2D eigenvalue weighted by Gasteiger charge is 2.32. The number of aryl methyl sites for hydroxylation is 1. The van der Waals surface area contributed by atoms with Gasteiger partial charge in [-0.1, -0.05) is 0 Å². The highest BCUT2D eigenvalue weighted by Crippen LogP contribution is 2.28. The summed E-state index contributed by atoms with van der Waals surface area (Å²) in [6.45, 7) is 3.14. The number of primary sulfonamides is 1. The molecule has 9 heteroatoms. The van der Waals surface area contributed by atoms with Crippen molar-refractivity contribution in [3.63, 3.8) is 0 Å². The Kier molecular flexibility index (Phi) is 3.03. The summed E-state index contributed by atoms with van der Waals surface area (Å²) in [5, 5.41) is 9.24. The number of hydrogen-bond donors (Lipinski definition) is 1. The second-order valence-corrected chi connectivity index (χ2v) is 8.27. The molecule has 0 aromatic carbocycles. The molecule has 0 aliphatic carbocycles. The normalized spacial score (nSPS) is 23.4. The number of hydrogen-bond acceptors (Lipinski definition) is 5.